The first kappa shape index (κ1) is 16.5. The molecule has 6 nitrogen and oxygen atoms in total. The summed E-state index contributed by atoms with van der Waals surface area (Å²) in [6.45, 7) is 7.08. The summed E-state index contributed by atoms with van der Waals surface area (Å²) < 4.78 is 9.76. The summed E-state index contributed by atoms with van der Waals surface area (Å²) in [6, 6.07) is -0.277. The van der Waals surface area contributed by atoms with Gasteiger partial charge in [0.15, 0.2) is 0 Å². The molecule has 0 aliphatic rings. The first-order valence-electron chi connectivity index (χ1n) is 6.16. The molecule has 0 saturated carbocycles. The lowest BCUT2D eigenvalue weighted by molar-refractivity contribution is -0.142. The van der Waals surface area contributed by atoms with Crippen molar-refractivity contribution in [1.29, 1.82) is 0 Å². The Hall–Kier alpha value is -1.46. The normalized spacial score (nSPS) is 14.2. The maximum Gasteiger partial charge on any atom is 0.302 e. The summed E-state index contributed by atoms with van der Waals surface area (Å²) in [6.07, 6.45) is 1.47. The molecule has 0 fully saturated rings. The lowest BCUT2D eigenvalue weighted by Crippen LogP contribution is -2.17. The van der Waals surface area contributed by atoms with Gasteiger partial charge >= 0.3 is 11.9 Å². The second kappa shape index (κ2) is 9.56. The van der Waals surface area contributed by atoms with Crippen molar-refractivity contribution in [3.8, 4) is 0 Å². The molecule has 18 heavy (non-hydrogen) atoms. The number of carbonyl (C=O) groups excluding carboxylic acids is 2. The highest BCUT2D eigenvalue weighted by Crippen LogP contribution is 2.05. The van der Waals surface area contributed by atoms with E-state index in [2.05, 4.69) is 10.2 Å². The van der Waals surface area contributed by atoms with Crippen molar-refractivity contribution in [2.75, 3.05) is 13.2 Å². The lowest BCUT2D eigenvalue weighted by Gasteiger charge is -2.11. The zero-order chi connectivity index (χ0) is 14.0. The largest absolute Gasteiger partial charge is 0.464 e. The Morgan fingerprint density at radius 1 is 0.889 bits per heavy atom. The molecule has 0 aliphatic carbocycles. The van der Waals surface area contributed by atoms with Crippen molar-refractivity contribution >= 4 is 11.9 Å². The van der Waals surface area contributed by atoms with E-state index >= 15 is 0 Å². The second-order valence-electron chi connectivity index (χ2n) is 3.96. The van der Waals surface area contributed by atoms with Crippen molar-refractivity contribution in [2.24, 2.45) is 10.2 Å². The molecule has 0 bridgehead atoms. The number of carbonyl (C=O) groups is 2. The Kier molecular flexibility index (Phi) is 8.78. The number of ether oxygens (including phenoxy) is 2. The molecule has 0 radical (unpaired) electrons. The Balaban J connectivity index is 4.17. The van der Waals surface area contributed by atoms with Crippen molar-refractivity contribution in [3.63, 3.8) is 0 Å². The summed E-state index contributed by atoms with van der Waals surface area (Å²) in [5.41, 5.74) is 0. The van der Waals surface area contributed by atoms with Gasteiger partial charge in [-0.25, -0.2) is 0 Å². The topological polar surface area (TPSA) is 77.3 Å². The quantitative estimate of drug-likeness (QED) is 0.493. The molecule has 2 unspecified atom stereocenters. The van der Waals surface area contributed by atoms with Crippen LogP contribution in [0.4, 0.5) is 0 Å². The van der Waals surface area contributed by atoms with E-state index in [1.807, 2.05) is 13.8 Å². The predicted molar refractivity (Wildman–Crippen MR) is 66.3 cm³/mol. The molecule has 0 rings (SSSR count). The molecule has 0 aromatic heterocycles. The van der Waals surface area contributed by atoms with Gasteiger partial charge in [-0.15, -0.1) is 0 Å². The van der Waals surface area contributed by atoms with Crippen LogP contribution >= 0.6 is 0 Å². The lowest BCUT2D eigenvalue weighted by atomic mass is 10.2. The first-order valence-corrected chi connectivity index (χ1v) is 6.16. The van der Waals surface area contributed by atoms with Crippen LogP contribution in [0.1, 0.15) is 40.5 Å². The van der Waals surface area contributed by atoms with Gasteiger partial charge in [-0.2, -0.15) is 10.2 Å². The third-order valence-electron chi connectivity index (χ3n) is 2.29. The highest BCUT2D eigenvalue weighted by atomic mass is 16.5. The van der Waals surface area contributed by atoms with Gasteiger partial charge in [0.2, 0.25) is 0 Å². The number of nitrogens with zero attached hydrogens (tertiary/aromatic N) is 2. The van der Waals surface area contributed by atoms with E-state index in [9.17, 15) is 9.59 Å². The molecule has 0 spiro atoms. The first-order chi connectivity index (χ1) is 8.49. The highest BCUT2D eigenvalue weighted by molar-refractivity contribution is 5.66. The maximum atomic E-state index is 10.7. The minimum Gasteiger partial charge on any atom is -0.464 e. The fraction of sp³-hybridized carbons (Fsp3) is 0.833. The van der Waals surface area contributed by atoms with Gasteiger partial charge in [0.25, 0.3) is 0 Å². The van der Waals surface area contributed by atoms with Gasteiger partial charge in [0.05, 0.1) is 0 Å². The molecule has 0 heterocycles. The molecular weight excluding hydrogens is 236 g/mol. The minimum absolute atomic E-state index is 0.139. The molecule has 104 valence electrons. The van der Waals surface area contributed by atoms with Crippen molar-refractivity contribution in [1.82, 2.24) is 0 Å². The standard InChI is InChI=1S/C12H22N2O4/c1-5-11(7-17-9(3)15)13-14-12(6-2)8-18-10(4)16/h11-12H,5-8H2,1-4H3. The average Bonchev–Trinajstić information content (AvgIpc) is 2.32. The molecule has 0 N–H and O–H groups in total. The Morgan fingerprint density at radius 3 is 1.44 bits per heavy atom. The van der Waals surface area contributed by atoms with Crippen molar-refractivity contribution in [3.05, 3.63) is 0 Å². The molecule has 0 amide bonds. The molecule has 0 aromatic rings. The van der Waals surface area contributed by atoms with Gasteiger partial charge < -0.3 is 9.47 Å². The van der Waals surface area contributed by atoms with Crippen molar-refractivity contribution in [2.45, 2.75) is 52.6 Å². The zero-order valence-corrected chi connectivity index (χ0v) is 11.5. The molecule has 6 heteroatoms. The average molecular weight is 258 g/mol. The van der Waals surface area contributed by atoms with Gasteiger partial charge in [-0.3, -0.25) is 9.59 Å². The fourth-order valence-corrected chi connectivity index (χ4v) is 1.08. The van der Waals surface area contributed by atoms with Crippen LogP contribution in [0.5, 0.6) is 0 Å². The number of hydrogen-bond acceptors (Lipinski definition) is 6. The maximum absolute atomic E-state index is 10.7. The van der Waals surface area contributed by atoms with E-state index in [1.165, 1.54) is 13.8 Å². The molecule has 0 saturated heterocycles. The van der Waals surface area contributed by atoms with Gasteiger partial charge in [0.1, 0.15) is 25.3 Å². The number of hydrogen-bond donors (Lipinski definition) is 0. The van der Waals surface area contributed by atoms with Gasteiger partial charge in [0, 0.05) is 13.8 Å². The van der Waals surface area contributed by atoms with Crippen LogP contribution in [0.25, 0.3) is 0 Å². The predicted octanol–water partition coefficient (Wildman–Crippen LogP) is 2.12. The summed E-state index contributed by atoms with van der Waals surface area (Å²) in [5.74, 6) is -0.647. The van der Waals surface area contributed by atoms with E-state index in [0.717, 1.165) is 12.8 Å². The zero-order valence-electron chi connectivity index (χ0n) is 11.5. The SMILES string of the molecule is CCC(COC(C)=O)N=NC(CC)COC(C)=O. The van der Waals surface area contributed by atoms with Crippen LogP contribution in [-0.4, -0.2) is 37.2 Å². The van der Waals surface area contributed by atoms with E-state index < -0.39 is 0 Å². The molecule has 0 aromatic carbocycles. The second-order valence-corrected chi connectivity index (χ2v) is 3.96. The van der Waals surface area contributed by atoms with Crippen LogP contribution in [0.15, 0.2) is 10.2 Å². The molecule has 2 atom stereocenters. The molecular formula is C12H22N2O4. The van der Waals surface area contributed by atoms with E-state index in [1.54, 1.807) is 0 Å². The number of azo groups is 1. The monoisotopic (exact) mass is 258 g/mol. The Bertz CT molecular complexity index is 264. The van der Waals surface area contributed by atoms with Crippen LogP contribution < -0.4 is 0 Å². The van der Waals surface area contributed by atoms with Crippen LogP contribution in [0, 0.1) is 0 Å². The summed E-state index contributed by atoms with van der Waals surface area (Å²) in [5, 5.41) is 8.24. The highest BCUT2D eigenvalue weighted by Gasteiger charge is 2.10. The van der Waals surface area contributed by atoms with E-state index in [-0.39, 0.29) is 37.2 Å². The van der Waals surface area contributed by atoms with Crippen LogP contribution in [-0.2, 0) is 19.1 Å². The summed E-state index contributed by atoms with van der Waals surface area (Å²) >= 11 is 0. The fourth-order valence-electron chi connectivity index (χ4n) is 1.08. The smallest absolute Gasteiger partial charge is 0.302 e. The third-order valence-corrected chi connectivity index (χ3v) is 2.29. The van der Waals surface area contributed by atoms with Crippen molar-refractivity contribution < 1.29 is 19.1 Å². The van der Waals surface area contributed by atoms with Crippen LogP contribution in [0.2, 0.25) is 0 Å². The Morgan fingerprint density at radius 2 is 1.22 bits per heavy atom. The number of esters is 2. The molecule has 0 aliphatic heterocycles. The summed E-state index contributed by atoms with van der Waals surface area (Å²) in [4.78, 5) is 21.4. The van der Waals surface area contributed by atoms with E-state index in [4.69, 9.17) is 9.47 Å². The van der Waals surface area contributed by atoms with E-state index in [0.29, 0.717) is 0 Å². The van der Waals surface area contributed by atoms with Crippen LogP contribution in [0.3, 0.4) is 0 Å². The number of rotatable bonds is 8. The summed E-state index contributed by atoms with van der Waals surface area (Å²) in [7, 11) is 0. The van der Waals surface area contributed by atoms with Gasteiger partial charge in [-0.1, -0.05) is 13.8 Å². The van der Waals surface area contributed by atoms with Gasteiger partial charge in [-0.05, 0) is 12.8 Å². The Labute approximate surface area is 108 Å². The third kappa shape index (κ3) is 8.66. The minimum atomic E-state index is -0.324.